The molecule has 242 valence electrons. The lowest BCUT2D eigenvalue weighted by molar-refractivity contribution is 0.576. The van der Waals surface area contributed by atoms with Crippen LogP contribution in [0.4, 0.5) is 0 Å². The second-order valence-corrected chi connectivity index (χ2v) is 25.7. The third-order valence-electron chi connectivity index (χ3n) is 9.57. The van der Waals surface area contributed by atoms with Gasteiger partial charge in [0, 0.05) is 10.8 Å². The van der Waals surface area contributed by atoms with Gasteiger partial charge in [0.15, 0.2) is 0 Å². The lowest BCUT2D eigenvalue weighted by atomic mass is 9.67. The maximum Gasteiger partial charge on any atom is 0.0149 e. The van der Waals surface area contributed by atoms with E-state index in [9.17, 15) is 0 Å². The van der Waals surface area contributed by atoms with Gasteiger partial charge in [-0.2, -0.15) is 0 Å². The van der Waals surface area contributed by atoms with Gasteiger partial charge in [0.05, 0.1) is 0 Å². The van der Waals surface area contributed by atoms with Crippen LogP contribution < -0.4 is 0 Å². The first kappa shape index (κ1) is 37.0. The third-order valence-corrected chi connectivity index (χ3v) is 17.4. The van der Waals surface area contributed by atoms with Crippen molar-refractivity contribution >= 4 is 15.8 Å². The molecule has 0 nitrogen and oxygen atoms in total. The van der Waals surface area contributed by atoms with Gasteiger partial charge in [-0.1, -0.05) is 199 Å². The molecule has 3 rings (SSSR count). The number of rotatable bonds is 8. The zero-order valence-corrected chi connectivity index (χ0v) is 33.0. The van der Waals surface area contributed by atoms with Crippen LogP contribution in [-0.2, 0) is 23.2 Å². The summed E-state index contributed by atoms with van der Waals surface area (Å²) in [6.45, 7) is 39.5. The van der Waals surface area contributed by atoms with Crippen LogP contribution >= 0.6 is 15.8 Å². The van der Waals surface area contributed by atoms with E-state index in [1.807, 2.05) is 0 Å². The predicted octanol–water partition coefficient (Wildman–Crippen LogP) is 13.5. The molecule has 0 radical (unpaired) electrons. The Morgan fingerprint density at radius 3 is 0.864 bits per heavy atom. The molecule has 0 aliphatic heterocycles. The molecule has 0 spiro atoms. The maximum atomic E-state index is 2.69. The Bertz CT molecular complexity index is 1230. The van der Waals surface area contributed by atoms with Crippen LogP contribution in [0.25, 0.3) is 0 Å². The summed E-state index contributed by atoms with van der Waals surface area (Å²) in [5.74, 6) is 0. The van der Waals surface area contributed by atoms with Crippen molar-refractivity contribution < 1.29 is 0 Å². The first-order chi connectivity index (χ1) is 19.9. The van der Waals surface area contributed by atoms with Crippen LogP contribution in [-0.4, -0.2) is 20.6 Å². The lowest BCUT2D eigenvalue weighted by Gasteiger charge is -2.45. The molecule has 0 saturated heterocycles. The second kappa shape index (κ2) is 13.0. The highest BCUT2D eigenvalue weighted by atomic mass is 31.1. The summed E-state index contributed by atoms with van der Waals surface area (Å²) in [5, 5.41) is 1.06. The summed E-state index contributed by atoms with van der Waals surface area (Å²) in [6, 6.07) is 27.8. The van der Waals surface area contributed by atoms with Crippen LogP contribution in [0, 0.1) is 0 Å². The molecule has 3 aromatic carbocycles. The summed E-state index contributed by atoms with van der Waals surface area (Å²) < 4.78 is 0. The smallest absolute Gasteiger partial charge is 0.0149 e. The van der Waals surface area contributed by atoms with Gasteiger partial charge < -0.3 is 0 Å². The van der Waals surface area contributed by atoms with E-state index in [1.54, 1.807) is 11.1 Å². The SMILES string of the molecule is CC(C)(c1ccccc1)c1cc(CP(C(C)(C)C)C(C)(C)C)c(CP(C(C)(C)C)C(C)(C)C)cc1C(C)(C)c1ccccc1. The van der Waals surface area contributed by atoms with Gasteiger partial charge in [-0.15, -0.1) is 0 Å². The minimum absolute atomic E-state index is 0.138. The van der Waals surface area contributed by atoms with Crippen molar-refractivity contribution in [2.45, 2.75) is 155 Å². The van der Waals surface area contributed by atoms with Crippen LogP contribution in [0.5, 0.6) is 0 Å². The fourth-order valence-electron chi connectivity index (χ4n) is 7.34. The van der Waals surface area contributed by atoms with Crippen molar-refractivity contribution in [1.29, 1.82) is 0 Å². The van der Waals surface area contributed by atoms with Crippen LogP contribution in [0.1, 0.15) is 144 Å². The fourth-order valence-corrected chi connectivity index (χ4v) is 14.5. The Morgan fingerprint density at radius 2 is 0.636 bits per heavy atom. The quantitative estimate of drug-likeness (QED) is 0.217. The number of hydrogen-bond donors (Lipinski definition) is 0. The van der Waals surface area contributed by atoms with Gasteiger partial charge in [0.25, 0.3) is 0 Å². The Kier molecular flexibility index (Phi) is 10.9. The van der Waals surface area contributed by atoms with Crippen molar-refractivity contribution in [3.8, 4) is 0 Å². The largest absolute Gasteiger partial charge is 0.0911 e. The van der Waals surface area contributed by atoms with Crippen molar-refractivity contribution in [2.75, 3.05) is 0 Å². The van der Waals surface area contributed by atoms with Gasteiger partial charge >= 0.3 is 0 Å². The first-order valence-electron chi connectivity index (χ1n) is 16.7. The van der Waals surface area contributed by atoms with Gasteiger partial charge in [0.2, 0.25) is 0 Å². The topological polar surface area (TPSA) is 0 Å². The zero-order valence-electron chi connectivity index (χ0n) is 31.2. The molecule has 0 aliphatic carbocycles. The molecular weight excluding hydrogens is 566 g/mol. The van der Waals surface area contributed by atoms with E-state index >= 15 is 0 Å². The standard InChI is InChI=1S/C42H64P2/c1-37(2,3)43(38(4,5)6)29-31-27-35(41(13,14)33-23-19-17-20-24-33)36(42(15,16)34-25-21-18-22-26-34)28-32(31)30-44(39(7,8)9)40(10,11)12/h17-28H,29-30H2,1-16H3. The Balaban J connectivity index is 2.46. The Morgan fingerprint density at radius 1 is 0.386 bits per heavy atom. The molecule has 2 heteroatoms. The molecule has 0 heterocycles. The Hall–Kier alpha value is -1.48. The molecule has 0 amide bonds. The number of hydrogen-bond acceptors (Lipinski definition) is 0. The molecule has 44 heavy (non-hydrogen) atoms. The monoisotopic (exact) mass is 630 g/mol. The van der Waals surface area contributed by atoms with Crippen molar-refractivity contribution in [1.82, 2.24) is 0 Å². The molecule has 0 atom stereocenters. The highest BCUT2D eigenvalue weighted by Gasteiger charge is 2.40. The van der Waals surface area contributed by atoms with E-state index in [-0.39, 0.29) is 47.3 Å². The van der Waals surface area contributed by atoms with Gasteiger partial charge in [-0.25, -0.2) is 0 Å². The summed E-state index contributed by atoms with van der Waals surface area (Å²) in [4.78, 5) is 0. The average Bonchev–Trinajstić information content (AvgIpc) is 2.88. The van der Waals surface area contributed by atoms with Crippen molar-refractivity contribution in [2.24, 2.45) is 0 Å². The summed E-state index contributed by atoms with van der Waals surface area (Å²) in [5.41, 5.74) is 8.62. The molecule has 0 aromatic heterocycles. The van der Waals surface area contributed by atoms with Crippen molar-refractivity contribution in [3.63, 3.8) is 0 Å². The van der Waals surface area contributed by atoms with Crippen LogP contribution in [0.3, 0.4) is 0 Å². The highest BCUT2D eigenvalue weighted by molar-refractivity contribution is 7.60. The zero-order chi connectivity index (χ0) is 33.5. The summed E-state index contributed by atoms with van der Waals surface area (Å²) in [7, 11) is -0.587. The highest BCUT2D eigenvalue weighted by Crippen LogP contribution is 2.64. The molecule has 0 aliphatic rings. The van der Waals surface area contributed by atoms with E-state index in [2.05, 4.69) is 184 Å². The van der Waals surface area contributed by atoms with Gasteiger partial charge in [0.1, 0.15) is 0 Å². The molecule has 3 aromatic rings. The third kappa shape index (κ3) is 8.45. The van der Waals surface area contributed by atoms with Crippen LogP contribution in [0.2, 0.25) is 0 Å². The van der Waals surface area contributed by atoms with Gasteiger partial charge in [-0.3, -0.25) is 0 Å². The molecule has 0 unspecified atom stereocenters. The molecule has 0 saturated carbocycles. The normalized spacial score (nSPS) is 14.0. The predicted molar refractivity (Wildman–Crippen MR) is 204 cm³/mol. The minimum Gasteiger partial charge on any atom is -0.0911 e. The van der Waals surface area contributed by atoms with E-state index in [4.69, 9.17) is 0 Å². The molecule has 0 bridgehead atoms. The first-order valence-corrected chi connectivity index (χ1v) is 19.8. The summed E-state index contributed by atoms with van der Waals surface area (Å²) >= 11 is 0. The summed E-state index contributed by atoms with van der Waals surface area (Å²) in [6.07, 6.45) is 2.33. The molecular formula is C42H64P2. The van der Waals surface area contributed by atoms with E-state index in [0.29, 0.717) is 0 Å². The van der Waals surface area contributed by atoms with E-state index < -0.39 is 0 Å². The minimum atomic E-state index is -0.293. The van der Waals surface area contributed by atoms with E-state index in [1.165, 1.54) is 34.6 Å². The second-order valence-electron chi connectivity index (χ2n) is 18.0. The lowest BCUT2D eigenvalue weighted by Crippen LogP contribution is -2.30. The van der Waals surface area contributed by atoms with E-state index in [0.717, 1.165) is 0 Å². The van der Waals surface area contributed by atoms with Crippen LogP contribution in [0.15, 0.2) is 72.8 Å². The van der Waals surface area contributed by atoms with Gasteiger partial charge in [-0.05, 0) is 66.3 Å². The fraction of sp³-hybridized carbons (Fsp3) is 0.571. The Labute approximate surface area is 275 Å². The maximum absolute atomic E-state index is 2.69. The number of benzene rings is 3. The molecule has 0 N–H and O–H groups in total. The average molecular weight is 631 g/mol. The van der Waals surface area contributed by atoms with Crippen molar-refractivity contribution in [3.05, 3.63) is 106 Å². The molecule has 0 fully saturated rings.